The van der Waals surface area contributed by atoms with Crippen molar-refractivity contribution in [1.82, 2.24) is 10.1 Å². The fourth-order valence-electron chi connectivity index (χ4n) is 1.96. The highest BCUT2D eigenvalue weighted by molar-refractivity contribution is 14.1. The van der Waals surface area contributed by atoms with E-state index < -0.39 is 0 Å². The van der Waals surface area contributed by atoms with Gasteiger partial charge in [0.15, 0.2) is 0 Å². The van der Waals surface area contributed by atoms with Crippen LogP contribution in [0, 0.1) is 3.57 Å². The van der Waals surface area contributed by atoms with Gasteiger partial charge in [0.25, 0.3) is 5.89 Å². The summed E-state index contributed by atoms with van der Waals surface area (Å²) in [6.07, 6.45) is 0. The van der Waals surface area contributed by atoms with Crippen LogP contribution < -0.4 is 4.74 Å². The van der Waals surface area contributed by atoms with Crippen LogP contribution in [0.15, 0.2) is 47.0 Å². The third kappa shape index (κ3) is 3.06. The van der Waals surface area contributed by atoms with Crippen LogP contribution in [0.25, 0.3) is 22.8 Å². The molecule has 0 bridgehead atoms. The molecule has 0 aliphatic heterocycles. The molecule has 0 atom stereocenters. The van der Waals surface area contributed by atoms with E-state index in [2.05, 4.69) is 32.7 Å². The Kier molecular flexibility index (Phi) is 4.28. The molecule has 0 aliphatic carbocycles. The number of ether oxygens (including phenoxy) is 1. The highest BCUT2D eigenvalue weighted by Gasteiger charge is 2.12. The van der Waals surface area contributed by atoms with Crippen molar-refractivity contribution in [3.8, 4) is 34.3 Å². The van der Waals surface area contributed by atoms with Gasteiger partial charge in [-0.2, -0.15) is 4.98 Å². The second-order valence-corrected chi connectivity index (χ2v) is 5.71. The predicted molar refractivity (Wildman–Crippen MR) is 90.7 cm³/mol. The number of phenols is 1. The monoisotopic (exact) mass is 408 g/mol. The lowest BCUT2D eigenvalue weighted by molar-refractivity contribution is 0.340. The van der Waals surface area contributed by atoms with Crippen LogP contribution in [-0.4, -0.2) is 21.9 Å². The van der Waals surface area contributed by atoms with E-state index in [1.54, 1.807) is 12.1 Å². The van der Waals surface area contributed by atoms with Gasteiger partial charge < -0.3 is 14.4 Å². The van der Waals surface area contributed by atoms with Gasteiger partial charge in [0.05, 0.1) is 10.2 Å². The summed E-state index contributed by atoms with van der Waals surface area (Å²) in [6.45, 7) is 2.57. The van der Waals surface area contributed by atoms with Crippen LogP contribution in [0.5, 0.6) is 11.5 Å². The number of aromatic hydroxyl groups is 1. The summed E-state index contributed by atoms with van der Waals surface area (Å²) in [5, 5.41) is 13.5. The lowest BCUT2D eigenvalue weighted by Crippen LogP contribution is -1.90. The summed E-state index contributed by atoms with van der Waals surface area (Å²) in [7, 11) is 0. The molecule has 3 aromatic rings. The molecule has 0 spiro atoms. The number of hydrogen-bond acceptors (Lipinski definition) is 5. The lowest BCUT2D eigenvalue weighted by atomic mass is 10.2. The van der Waals surface area contributed by atoms with Gasteiger partial charge in [-0.25, -0.2) is 0 Å². The average Bonchev–Trinajstić information content (AvgIpc) is 3.01. The Hall–Kier alpha value is -2.09. The molecule has 1 N–H and O–H groups in total. The first kappa shape index (κ1) is 14.8. The minimum Gasteiger partial charge on any atom is -0.507 e. The van der Waals surface area contributed by atoms with Gasteiger partial charge in [0, 0.05) is 11.1 Å². The molecule has 0 fully saturated rings. The number of halogens is 1. The van der Waals surface area contributed by atoms with Crippen molar-refractivity contribution in [3.05, 3.63) is 46.0 Å². The first-order chi connectivity index (χ1) is 10.7. The van der Waals surface area contributed by atoms with Gasteiger partial charge >= 0.3 is 0 Å². The van der Waals surface area contributed by atoms with Crippen molar-refractivity contribution < 1.29 is 14.4 Å². The minimum absolute atomic E-state index is 0.236. The topological polar surface area (TPSA) is 68.4 Å². The molecular weight excluding hydrogens is 395 g/mol. The molecule has 0 aliphatic rings. The summed E-state index contributed by atoms with van der Waals surface area (Å²) >= 11 is 2.06. The highest BCUT2D eigenvalue weighted by atomic mass is 127. The summed E-state index contributed by atoms with van der Waals surface area (Å²) in [6, 6.07) is 12.7. The smallest absolute Gasteiger partial charge is 0.258 e. The SMILES string of the molecule is CCOc1ccc(-c2nc(-c3ccc(O)c(I)c3)no2)cc1. The minimum atomic E-state index is 0.236. The maximum Gasteiger partial charge on any atom is 0.258 e. The number of hydrogen-bond donors (Lipinski definition) is 1. The molecule has 6 heteroatoms. The van der Waals surface area contributed by atoms with Crippen molar-refractivity contribution in [2.45, 2.75) is 6.92 Å². The number of nitrogens with zero attached hydrogens (tertiary/aromatic N) is 2. The molecule has 5 nitrogen and oxygen atoms in total. The summed E-state index contributed by atoms with van der Waals surface area (Å²) in [4.78, 5) is 4.39. The number of phenolic OH excluding ortho intramolecular Hbond substituents is 1. The molecule has 0 radical (unpaired) electrons. The van der Waals surface area contributed by atoms with Gasteiger partial charge in [0.2, 0.25) is 5.82 Å². The highest BCUT2D eigenvalue weighted by Crippen LogP contribution is 2.27. The summed E-state index contributed by atoms with van der Waals surface area (Å²) < 4.78 is 11.5. The van der Waals surface area contributed by atoms with Gasteiger partial charge in [-0.15, -0.1) is 0 Å². The standard InChI is InChI=1S/C16H13IN2O3/c1-2-21-12-6-3-10(4-7-12)16-18-15(19-22-16)11-5-8-14(20)13(17)9-11/h3-9,20H,2H2,1H3. The molecule has 0 amide bonds. The number of aromatic nitrogens is 2. The molecule has 112 valence electrons. The lowest BCUT2D eigenvalue weighted by Gasteiger charge is -2.02. The van der Waals surface area contributed by atoms with Crippen molar-refractivity contribution >= 4 is 22.6 Å². The second-order valence-electron chi connectivity index (χ2n) is 4.55. The molecular formula is C16H13IN2O3. The Labute approximate surface area is 141 Å². The van der Waals surface area contributed by atoms with Gasteiger partial charge in [-0.3, -0.25) is 0 Å². The van der Waals surface area contributed by atoms with Crippen LogP contribution in [-0.2, 0) is 0 Å². The van der Waals surface area contributed by atoms with Crippen LogP contribution in [0.1, 0.15) is 6.92 Å². The Morgan fingerprint density at radius 3 is 2.55 bits per heavy atom. The van der Waals surface area contributed by atoms with Crippen molar-refractivity contribution in [2.75, 3.05) is 6.61 Å². The Morgan fingerprint density at radius 2 is 1.86 bits per heavy atom. The Bertz CT molecular complexity index is 784. The van der Waals surface area contributed by atoms with Gasteiger partial charge in [-0.05, 0) is 72.0 Å². The molecule has 22 heavy (non-hydrogen) atoms. The van der Waals surface area contributed by atoms with Gasteiger partial charge in [0.1, 0.15) is 11.5 Å². The van der Waals surface area contributed by atoms with Gasteiger partial charge in [-0.1, -0.05) is 5.16 Å². The molecule has 0 unspecified atom stereocenters. The van der Waals surface area contributed by atoms with E-state index in [1.165, 1.54) is 0 Å². The van der Waals surface area contributed by atoms with Crippen LogP contribution in [0.3, 0.4) is 0 Å². The van der Waals surface area contributed by atoms with E-state index in [1.807, 2.05) is 37.3 Å². The van der Waals surface area contributed by atoms with E-state index in [9.17, 15) is 5.11 Å². The first-order valence-electron chi connectivity index (χ1n) is 6.73. The molecule has 1 heterocycles. The fourth-order valence-corrected chi connectivity index (χ4v) is 2.48. The maximum atomic E-state index is 9.56. The zero-order valence-electron chi connectivity index (χ0n) is 11.8. The Balaban J connectivity index is 1.88. The Morgan fingerprint density at radius 1 is 1.14 bits per heavy atom. The summed E-state index contributed by atoms with van der Waals surface area (Å²) in [5.74, 6) is 1.97. The van der Waals surface area contributed by atoms with Crippen molar-refractivity contribution in [3.63, 3.8) is 0 Å². The van der Waals surface area contributed by atoms with Crippen molar-refractivity contribution in [2.24, 2.45) is 0 Å². The average molecular weight is 408 g/mol. The summed E-state index contributed by atoms with van der Waals surface area (Å²) in [5.41, 5.74) is 1.62. The van der Waals surface area contributed by atoms with Crippen LogP contribution >= 0.6 is 22.6 Å². The maximum absolute atomic E-state index is 9.56. The van der Waals surface area contributed by atoms with Crippen LogP contribution in [0.2, 0.25) is 0 Å². The molecule has 0 saturated carbocycles. The number of rotatable bonds is 4. The van der Waals surface area contributed by atoms with Crippen LogP contribution in [0.4, 0.5) is 0 Å². The van der Waals surface area contributed by atoms with E-state index >= 15 is 0 Å². The van der Waals surface area contributed by atoms with Crippen molar-refractivity contribution in [1.29, 1.82) is 0 Å². The quantitative estimate of drug-likeness (QED) is 0.659. The zero-order valence-corrected chi connectivity index (χ0v) is 13.9. The van der Waals surface area contributed by atoms with E-state index in [0.717, 1.165) is 20.4 Å². The van der Waals surface area contributed by atoms with E-state index in [-0.39, 0.29) is 5.75 Å². The molecule has 0 saturated heterocycles. The third-order valence-corrected chi connectivity index (χ3v) is 3.91. The van der Waals surface area contributed by atoms with E-state index in [4.69, 9.17) is 9.26 Å². The number of benzene rings is 2. The largest absolute Gasteiger partial charge is 0.507 e. The third-order valence-electron chi connectivity index (χ3n) is 3.04. The fraction of sp³-hybridized carbons (Fsp3) is 0.125. The first-order valence-corrected chi connectivity index (χ1v) is 7.81. The zero-order chi connectivity index (χ0) is 15.5. The second kappa shape index (κ2) is 6.35. The molecule has 1 aromatic heterocycles. The predicted octanol–water partition coefficient (Wildman–Crippen LogP) is 4.11. The molecule has 3 rings (SSSR count). The van der Waals surface area contributed by atoms with E-state index in [0.29, 0.717) is 18.3 Å². The normalized spacial score (nSPS) is 10.6. The molecule has 2 aromatic carbocycles.